The number of nitro groups is 1. The van der Waals surface area contributed by atoms with Gasteiger partial charge in [-0.05, 0) is 12.1 Å². The van der Waals surface area contributed by atoms with Crippen molar-refractivity contribution in [2.24, 2.45) is 0 Å². The lowest BCUT2D eigenvalue weighted by molar-refractivity contribution is -0.384. The van der Waals surface area contributed by atoms with Crippen molar-refractivity contribution in [1.29, 1.82) is 0 Å². The maximum absolute atomic E-state index is 12.5. The minimum Gasteiger partial charge on any atom is -0.461 e. The van der Waals surface area contributed by atoms with Crippen molar-refractivity contribution in [1.82, 2.24) is 0 Å². The molecule has 0 unspecified atom stereocenters. The Morgan fingerprint density at radius 3 is 2.64 bits per heavy atom. The van der Waals surface area contributed by atoms with E-state index < -0.39 is 4.92 Å². The molecule has 0 aliphatic rings. The summed E-state index contributed by atoms with van der Waals surface area (Å²) in [7, 11) is 0. The van der Waals surface area contributed by atoms with E-state index in [-0.39, 0.29) is 17.0 Å². The van der Waals surface area contributed by atoms with Crippen molar-refractivity contribution >= 4 is 22.4 Å². The number of carbonyl (C=O) groups excluding carboxylic acids is 1. The third-order valence-corrected chi connectivity index (χ3v) is 3.50. The number of benzene rings is 2. The number of rotatable bonds is 4. The number of nitro benzene ring substituents is 1. The van der Waals surface area contributed by atoms with Gasteiger partial charge in [-0.15, -0.1) is 0 Å². The average Bonchev–Trinajstić information content (AvgIpc) is 2.96. The highest BCUT2D eigenvalue weighted by Gasteiger charge is 2.14. The zero-order chi connectivity index (χ0) is 15.7. The molecule has 5 heteroatoms. The summed E-state index contributed by atoms with van der Waals surface area (Å²) in [5, 5.41) is 11.7. The lowest BCUT2D eigenvalue weighted by Crippen LogP contribution is -2.01. The maximum atomic E-state index is 12.5. The molecule has 0 saturated heterocycles. The van der Waals surface area contributed by atoms with Gasteiger partial charge in [0.2, 0.25) is 0 Å². The summed E-state index contributed by atoms with van der Waals surface area (Å²) in [5.74, 6) is 0.593. The Hall–Kier alpha value is -2.95. The molecule has 0 radical (unpaired) electrons. The SMILES string of the molecule is CCc1cc2ccc(C(=O)c3cccc([N+](=O)[O-])c3)cc2o1. The minimum absolute atomic E-state index is 0.0989. The van der Waals surface area contributed by atoms with Gasteiger partial charge in [0.1, 0.15) is 11.3 Å². The monoisotopic (exact) mass is 295 g/mol. The van der Waals surface area contributed by atoms with Crippen LogP contribution in [0.25, 0.3) is 11.0 Å². The lowest BCUT2D eigenvalue weighted by Gasteiger charge is -2.01. The second-order valence-electron chi connectivity index (χ2n) is 4.96. The van der Waals surface area contributed by atoms with E-state index in [1.165, 1.54) is 18.2 Å². The van der Waals surface area contributed by atoms with Gasteiger partial charge in [0.15, 0.2) is 5.78 Å². The van der Waals surface area contributed by atoms with Crippen LogP contribution >= 0.6 is 0 Å². The molecule has 5 nitrogen and oxygen atoms in total. The Morgan fingerprint density at radius 1 is 1.14 bits per heavy atom. The fraction of sp³-hybridized carbons (Fsp3) is 0.118. The van der Waals surface area contributed by atoms with Crippen molar-refractivity contribution in [2.45, 2.75) is 13.3 Å². The van der Waals surface area contributed by atoms with Crippen LogP contribution in [-0.2, 0) is 6.42 Å². The molecule has 2 aromatic carbocycles. The average molecular weight is 295 g/mol. The lowest BCUT2D eigenvalue weighted by atomic mass is 10.0. The van der Waals surface area contributed by atoms with Crippen LogP contribution in [0.5, 0.6) is 0 Å². The molecular weight excluding hydrogens is 282 g/mol. The second kappa shape index (κ2) is 5.44. The van der Waals surface area contributed by atoms with Crippen molar-refractivity contribution in [3.8, 4) is 0 Å². The van der Waals surface area contributed by atoms with Gasteiger partial charge in [0.25, 0.3) is 5.69 Å². The van der Waals surface area contributed by atoms with E-state index in [9.17, 15) is 14.9 Å². The summed E-state index contributed by atoms with van der Waals surface area (Å²) in [6.45, 7) is 1.99. The molecule has 0 aliphatic carbocycles. The predicted octanol–water partition coefficient (Wildman–Crippen LogP) is 4.13. The topological polar surface area (TPSA) is 73.3 Å². The summed E-state index contributed by atoms with van der Waals surface area (Å²) in [6.07, 6.45) is 0.781. The number of non-ortho nitro benzene ring substituents is 1. The van der Waals surface area contributed by atoms with Crippen LogP contribution in [0.3, 0.4) is 0 Å². The van der Waals surface area contributed by atoms with Gasteiger partial charge in [-0.3, -0.25) is 14.9 Å². The molecule has 0 atom stereocenters. The number of aryl methyl sites for hydroxylation is 1. The zero-order valence-electron chi connectivity index (χ0n) is 11.9. The Labute approximate surface area is 126 Å². The van der Waals surface area contributed by atoms with E-state index in [4.69, 9.17) is 4.42 Å². The minimum atomic E-state index is -0.514. The Morgan fingerprint density at radius 2 is 1.91 bits per heavy atom. The van der Waals surface area contributed by atoms with Crippen LogP contribution in [0.15, 0.2) is 52.9 Å². The highest BCUT2D eigenvalue weighted by atomic mass is 16.6. The predicted molar refractivity (Wildman–Crippen MR) is 82.1 cm³/mol. The molecule has 0 amide bonds. The van der Waals surface area contributed by atoms with E-state index in [2.05, 4.69) is 0 Å². The number of carbonyl (C=O) groups is 1. The third kappa shape index (κ3) is 2.48. The first-order valence-electron chi connectivity index (χ1n) is 6.90. The van der Waals surface area contributed by atoms with Crippen LogP contribution in [0.4, 0.5) is 5.69 Å². The summed E-state index contributed by atoms with van der Waals surface area (Å²) < 4.78 is 5.65. The molecule has 0 aliphatic heterocycles. The van der Waals surface area contributed by atoms with Crippen LogP contribution < -0.4 is 0 Å². The van der Waals surface area contributed by atoms with E-state index in [0.717, 1.165) is 17.6 Å². The van der Waals surface area contributed by atoms with Gasteiger partial charge in [-0.1, -0.05) is 31.2 Å². The second-order valence-corrected chi connectivity index (χ2v) is 4.96. The fourth-order valence-electron chi connectivity index (χ4n) is 2.33. The number of nitrogens with zero attached hydrogens (tertiary/aromatic N) is 1. The van der Waals surface area contributed by atoms with E-state index in [1.54, 1.807) is 18.2 Å². The molecule has 0 N–H and O–H groups in total. The Kier molecular flexibility index (Phi) is 3.47. The van der Waals surface area contributed by atoms with Crippen LogP contribution in [0.1, 0.15) is 28.6 Å². The molecule has 22 heavy (non-hydrogen) atoms. The van der Waals surface area contributed by atoms with E-state index in [0.29, 0.717) is 11.1 Å². The smallest absolute Gasteiger partial charge is 0.270 e. The number of hydrogen-bond acceptors (Lipinski definition) is 4. The number of fused-ring (bicyclic) bond motifs is 1. The quantitative estimate of drug-likeness (QED) is 0.412. The van der Waals surface area contributed by atoms with E-state index >= 15 is 0 Å². The largest absolute Gasteiger partial charge is 0.461 e. The molecule has 110 valence electrons. The van der Waals surface area contributed by atoms with Crippen molar-refractivity contribution in [3.05, 3.63) is 75.5 Å². The van der Waals surface area contributed by atoms with Crippen molar-refractivity contribution in [3.63, 3.8) is 0 Å². The van der Waals surface area contributed by atoms with Gasteiger partial charge in [-0.2, -0.15) is 0 Å². The van der Waals surface area contributed by atoms with Crippen molar-refractivity contribution < 1.29 is 14.1 Å². The van der Waals surface area contributed by atoms with Gasteiger partial charge in [0, 0.05) is 35.1 Å². The number of ketones is 1. The van der Waals surface area contributed by atoms with Crippen LogP contribution in [0.2, 0.25) is 0 Å². The van der Waals surface area contributed by atoms with E-state index in [1.807, 2.05) is 19.1 Å². The van der Waals surface area contributed by atoms with Crippen molar-refractivity contribution in [2.75, 3.05) is 0 Å². The fourth-order valence-corrected chi connectivity index (χ4v) is 2.33. The van der Waals surface area contributed by atoms with Crippen LogP contribution in [0, 0.1) is 10.1 Å². The molecular formula is C17H13NO4. The molecule has 3 aromatic rings. The third-order valence-electron chi connectivity index (χ3n) is 3.50. The number of furan rings is 1. The summed E-state index contributed by atoms with van der Waals surface area (Å²) >= 11 is 0. The van der Waals surface area contributed by atoms with Gasteiger partial charge < -0.3 is 4.42 Å². The first-order valence-corrected chi connectivity index (χ1v) is 6.90. The Balaban J connectivity index is 2.01. The molecule has 0 bridgehead atoms. The highest BCUT2D eigenvalue weighted by Crippen LogP contribution is 2.23. The summed E-state index contributed by atoms with van der Waals surface area (Å²) in [6, 6.07) is 12.9. The standard InChI is InChI=1S/C17H13NO4/c1-2-15-9-11-6-7-13(10-16(11)22-15)17(19)12-4-3-5-14(8-12)18(20)21/h3-10H,2H2,1H3. The van der Waals surface area contributed by atoms with Crippen LogP contribution in [-0.4, -0.2) is 10.7 Å². The molecule has 0 spiro atoms. The molecule has 1 heterocycles. The summed E-state index contributed by atoms with van der Waals surface area (Å²) in [4.78, 5) is 22.8. The number of hydrogen-bond donors (Lipinski definition) is 0. The Bertz CT molecular complexity index is 879. The summed E-state index contributed by atoms with van der Waals surface area (Å²) in [5.41, 5.74) is 1.28. The highest BCUT2D eigenvalue weighted by molar-refractivity contribution is 6.10. The van der Waals surface area contributed by atoms with Gasteiger partial charge in [0.05, 0.1) is 4.92 Å². The maximum Gasteiger partial charge on any atom is 0.270 e. The zero-order valence-corrected chi connectivity index (χ0v) is 11.9. The molecule has 3 rings (SSSR count). The molecule has 0 fully saturated rings. The normalized spacial score (nSPS) is 10.8. The first kappa shape index (κ1) is 14.0. The van der Waals surface area contributed by atoms with Gasteiger partial charge in [-0.25, -0.2) is 0 Å². The molecule has 1 aromatic heterocycles. The van der Waals surface area contributed by atoms with Gasteiger partial charge >= 0.3 is 0 Å². The first-order chi connectivity index (χ1) is 10.6. The molecule has 0 saturated carbocycles.